The van der Waals surface area contributed by atoms with Crippen LogP contribution in [0.5, 0.6) is 0 Å². The van der Waals surface area contributed by atoms with Crippen molar-refractivity contribution in [2.45, 2.75) is 38.6 Å². The van der Waals surface area contributed by atoms with Crippen molar-refractivity contribution in [2.75, 3.05) is 7.05 Å². The van der Waals surface area contributed by atoms with Crippen molar-refractivity contribution in [3.8, 4) is 0 Å². The van der Waals surface area contributed by atoms with Gasteiger partial charge >= 0.3 is 0 Å². The Balaban J connectivity index is 2.48. The zero-order valence-electron chi connectivity index (χ0n) is 6.70. The Bertz CT molecular complexity index is 89.2. The Labute approximate surface area is 57.8 Å². The zero-order valence-corrected chi connectivity index (χ0v) is 6.70. The second-order valence-electron chi connectivity index (χ2n) is 3.20. The van der Waals surface area contributed by atoms with Gasteiger partial charge in [-0.3, -0.25) is 0 Å². The molecule has 1 saturated carbocycles. The summed E-state index contributed by atoms with van der Waals surface area (Å²) in [7, 11) is 2.08. The van der Waals surface area contributed by atoms with Crippen LogP contribution in [0.2, 0.25) is 0 Å². The van der Waals surface area contributed by atoms with Gasteiger partial charge in [0.05, 0.1) is 0 Å². The first kappa shape index (κ1) is 7.07. The van der Waals surface area contributed by atoms with E-state index in [1.54, 1.807) is 0 Å². The molecule has 0 bridgehead atoms. The topological polar surface area (TPSA) is 12.0 Å². The molecule has 9 heavy (non-hydrogen) atoms. The molecule has 1 heteroatoms. The lowest BCUT2D eigenvalue weighted by molar-refractivity contribution is 0.101. The van der Waals surface area contributed by atoms with Crippen LogP contribution in [0.25, 0.3) is 0 Å². The van der Waals surface area contributed by atoms with Gasteiger partial charge in [-0.15, -0.1) is 0 Å². The molecule has 1 aliphatic rings. The number of hydrogen-bond donors (Lipinski definition) is 1. The second kappa shape index (κ2) is 2.30. The standard InChI is InChI=1S/C8H17N/c1-4-8(9-3)6-5-7(8)2/h7,9H,4-6H2,1-3H3/t7?,8-/m0/s1. The van der Waals surface area contributed by atoms with Crippen molar-refractivity contribution in [1.82, 2.24) is 5.32 Å². The van der Waals surface area contributed by atoms with E-state index in [9.17, 15) is 0 Å². The molecule has 0 radical (unpaired) electrons. The fraction of sp³-hybridized carbons (Fsp3) is 1.00. The van der Waals surface area contributed by atoms with E-state index in [-0.39, 0.29) is 0 Å². The van der Waals surface area contributed by atoms with Crippen LogP contribution in [-0.2, 0) is 0 Å². The maximum atomic E-state index is 3.41. The molecule has 1 aliphatic carbocycles. The Kier molecular flexibility index (Phi) is 1.80. The molecular formula is C8H17N. The largest absolute Gasteiger partial charge is 0.314 e. The lowest BCUT2D eigenvalue weighted by Crippen LogP contribution is -2.55. The Morgan fingerprint density at radius 2 is 2.33 bits per heavy atom. The molecule has 54 valence electrons. The Morgan fingerprint density at radius 1 is 1.67 bits per heavy atom. The summed E-state index contributed by atoms with van der Waals surface area (Å²) in [5.41, 5.74) is 0.514. The molecular weight excluding hydrogens is 110 g/mol. The van der Waals surface area contributed by atoms with Gasteiger partial charge in [-0.1, -0.05) is 13.8 Å². The van der Waals surface area contributed by atoms with Crippen molar-refractivity contribution < 1.29 is 0 Å². The predicted molar refractivity (Wildman–Crippen MR) is 40.5 cm³/mol. The van der Waals surface area contributed by atoms with Crippen LogP contribution in [0.15, 0.2) is 0 Å². The van der Waals surface area contributed by atoms with Crippen molar-refractivity contribution in [3.63, 3.8) is 0 Å². The van der Waals surface area contributed by atoms with E-state index in [4.69, 9.17) is 0 Å². The third-order valence-electron chi connectivity index (χ3n) is 3.10. The average Bonchev–Trinajstić information content (AvgIpc) is 1.89. The summed E-state index contributed by atoms with van der Waals surface area (Å²) >= 11 is 0. The van der Waals surface area contributed by atoms with E-state index < -0.39 is 0 Å². The molecule has 0 aromatic carbocycles. The van der Waals surface area contributed by atoms with Crippen molar-refractivity contribution in [2.24, 2.45) is 5.92 Å². The minimum absolute atomic E-state index is 0.514. The maximum absolute atomic E-state index is 3.41. The van der Waals surface area contributed by atoms with Crippen LogP contribution in [-0.4, -0.2) is 12.6 Å². The first-order valence-corrected chi connectivity index (χ1v) is 3.94. The fourth-order valence-electron chi connectivity index (χ4n) is 1.85. The average molecular weight is 127 g/mol. The van der Waals surface area contributed by atoms with Gasteiger partial charge < -0.3 is 5.32 Å². The molecule has 2 atom stereocenters. The number of rotatable bonds is 2. The molecule has 0 aromatic rings. The van der Waals surface area contributed by atoms with E-state index >= 15 is 0 Å². The highest BCUT2D eigenvalue weighted by atomic mass is 15.0. The lowest BCUT2D eigenvalue weighted by Gasteiger charge is -2.47. The van der Waals surface area contributed by atoms with Gasteiger partial charge in [0.2, 0.25) is 0 Å². The molecule has 0 aromatic heterocycles. The van der Waals surface area contributed by atoms with Gasteiger partial charge in [0.1, 0.15) is 0 Å². The van der Waals surface area contributed by atoms with Crippen LogP contribution >= 0.6 is 0 Å². The minimum atomic E-state index is 0.514. The molecule has 1 N–H and O–H groups in total. The summed E-state index contributed by atoms with van der Waals surface area (Å²) < 4.78 is 0. The monoisotopic (exact) mass is 127 g/mol. The predicted octanol–water partition coefficient (Wildman–Crippen LogP) is 1.78. The lowest BCUT2D eigenvalue weighted by atomic mass is 9.66. The third-order valence-corrected chi connectivity index (χ3v) is 3.10. The quantitative estimate of drug-likeness (QED) is 0.596. The smallest absolute Gasteiger partial charge is 0.0201 e. The zero-order chi connectivity index (χ0) is 6.91. The first-order valence-electron chi connectivity index (χ1n) is 3.94. The molecule has 0 amide bonds. The van der Waals surface area contributed by atoms with Gasteiger partial charge in [-0.25, -0.2) is 0 Å². The van der Waals surface area contributed by atoms with E-state index in [0.717, 1.165) is 5.92 Å². The Morgan fingerprint density at radius 3 is 2.33 bits per heavy atom. The number of hydrogen-bond acceptors (Lipinski definition) is 1. The van der Waals surface area contributed by atoms with Gasteiger partial charge in [0.25, 0.3) is 0 Å². The van der Waals surface area contributed by atoms with Crippen LogP contribution in [0.3, 0.4) is 0 Å². The van der Waals surface area contributed by atoms with Crippen LogP contribution < -0.4 is 5.32 Å². The SMILES string of the molecule is CC[C@]1(NC)CCC1C. The first-order chi connectivity index (χ1) is 4.25. The van der Waals surface area contributed by atoms with Gasteiger partial charge in [-0.05, 0) is 32.2 Å². The maximum Gasteiger partial charge on any atom is 0.0201 e. The number of nitrogens with one attached hydrogen (secondary N) is 1. The fourth-order valence-corrected chi connectivity index (χ4v) is 1.85. The third kappa shape index (κ3) is 0.877. The normalized spacial score (nSPS) is 42.3. The Hall–Kier alpha value is -0.0400. The molecule has 1 nitrogen and oxygen atoms in total. The summed E-state index contributed by atoms with van der Waals surface area (Å²) in [6.07, 6.45) is 4.07. The van der Waals surface area contributed by atoms with Crippen molar-refractivity contribution in [3.05, 3.63) is 0 Å². The van der Waals surface area contributed by atoms with E-state index in [2.05, 4.69) is 26.2 Å². The van der Waals surface area contributed by atoms with Gasteiger partial charge in [0, 0.05) is 5.54 Å². The molecule has 1 unspecified atom stereocenters. The highest BCUT2D eigenvalue weighted by Crippen LogP contribution is 2.39. The van der Waals surface area contributed by atoms with Crippen LogP contribution in [0, 0.1) is 5.92 Å². The van der Waals surface area contributed by atoms with E-state index in [1.807, 2.05) is 0 Å². The summed E-state index contributed by atoms with van der Waals surface area (Å²) in [6.45, 7) is 4.61. The minimum Gasteiger partial charge on any atom is -0.314 e. The molecule has 1 rings (SSSR count). The molecule has 1 fully saturated rings. The van der Waals surface area contributed by atoms with E-state index in [1.165, 1.54) is 19.3 Å². The van der Waals surface area contributed by atoms with E-state index in [0.29, 0.717) is 5.54 Å². The summed E-state index contributed by atoms with van der Waals surface area (Å²) in [5.74, 6) is 0.896. The highest BCUT2D eigenvalue weighted by Gasteiger charge is 2.40. The van der Waals surface area contributed by atoms with Gasteiger partial charge in [-0.2, -0.15) is 0 Å². The molecule has 0 heterocycles. The summed E-state index contributed by atoms with van der Waals surface area (Å²) in [5, 5.41) is 3.41. The molecule has 0 aliphatic heterocycles. The second-order valence-corrected chi connectivity index (χ2v) is 3.20. The van der Waals surface area contributed by atoms with Crippen molar-refractivity contribution >= 4 is 0 Å². The van der Waals surface area contributed by atoms with Crippen LogP contribution in [0.1, 0.15) is 33.1 Å². The van der Waals surface area contributed by atoms with Crippen molar-refractivity contribution in [1.29, 1.82) is 0 Å². The molecule has 0 spiro atoms. The molecule has 0 saturated heterocycles. The van der Waals surface area contributed by atoms with Crippen LogP contribution in [0.4, 0.5) is 0 Å². The van der Waals surface area contributed by atoms with Gasteiger partial charge in [0.15, 0.2) is 0 Å². The highest BCUT2D eigenvalue weighted by molar-refractivity contribution is 4.98. The summed E-state index contributed by atoms with van der Waals surface area (Å²) in [6, 6.07) is 0. The summed E-state index contributed by atoms with van der Waals surface area (Å²) in [4.78, 5) is 0.